The number of amides is 1. The molecular formula is C73H139N2O7P. The molecule has 3 unspecified atom stereocenters. The Morgan fingerprint density at radius 1 is 0.422 bits per heavy atom. The van der Waals surface area contributed by atoms with Crippen LogP contribution in [0.15, 0.2) is 48.6 Å². The lowest BCUT2D eigenvalue weighted by Crippen LogP contribution is -2.47. The number of rotatable bonds is 66. The van der Waals surface area contributed by atoms with Gasteiger partial charge in [-0.15, -0.1) is 0 Å². The van der Waals surface area contributed by atoms with E-state index in [4.69, 9.17) is 13.8 Å². The Kier molecular flexibility index (Phi) is 61.5. The number of unbranched alkanes of at least 4 members (excludes halogenated alkanes) is 44. The number of hydrogen-bond donors (Lipinski definition) is 1. The molecule has 1 N–H and O–H groups in total. The molecule has 0 aromatic rings. The van der Waals surface area contributed by atoms with Crippen LogP contribution < -0.4 is 10.2 Å². The van der Waals surface area contributed by atoms with Crippen LogP contribution in [0.2, 0.25) is 0 Å². The third-order valence-electron chi connectivity index (χ3n) is 16.2. The summed E-state index contributed by atoms with van der Waals surface area (Å²) in [5.41, 5.74) is 0. The van der Waals surface area contributed by atoms with E-state index in [2.05, 4.69) is 62.5 Å². The Labute approximate surface area is 516 Å². The maximum absolute atomic E-state index is 13.6. The number of nitrogens with zero attached hydrogens (tertiary/aromatic N) is 1. The zero-order valence-corrected chi connectivity index (χ0v) is 56.8. The normalized spacial score (nSPS) is 13.8. The molecule has 0 aromatic heterocycles. The maximum atomic E-state index is 13.6. The fourth-order valence-corrected chi connectivity index (χ4v) is 11.4. The Morgan fingerprint density at radius 3 is 1.12 bits per heavy atom. The SMILES string of the molecule is CCCCC/C=C\C/C=C\CCCCCCCCCCCCCC(=O)OC(/C=C/CCCCCCCCCCCCC)C(COP(=O)([O-])OCC[N+](C)(C)C)NC(=O)CCCCCCCCCCCCCCC/C=C/CCCCCCCC. The maximum Gasteiger partial charge on any atom is 0.306 e. The minimum Gasteiger partial charge on any atom is -0.756 e. The molecular weight excluding hydrogens is 1050 g/mol. The molecule has 0 radical (unpaired) electrons. The predicted molar refractivity (Wildman–Crippen MR) is 358 cm³/mol. The average Bonchev–Trinajstić information content (AvgIpc) is 3.47. The number of nitrogens with one attached hydrogen (secondary N) is 1. The summed E-state index contributed by atoms with van der Waals surface area (Å²) < 4.78 is 30.5. The first-order valence-corrected chi connectivity index (χ1v) is 37.4. The van der Waals surface area contributed by atoms with Crippen molar-refractivity contribution in [1.82, 2.24) is 5.32 Å². The Morgan fingerprint density at radius 2 is 0.735 bits per heavy atom. The first-order valence-electron chi connectivity index (χ1n) is 35.9. The molecule has 488 valence electrons. The van der Waals surface area contributed by atoms with Crippen LogP contribution in [0.5, 0.6) is 0 Å². The average molecular weight is 1190 g/mol. The molecule has 0 saturated carbocycles. The van der Waals surface area contributed by atoms with Crippen LogP contribution in [0.3, 0.4) is 0 Å². The van der Waals surface area contributed by atoms with Gasteiger partial charge in [-0.3, -0.25) is 14.2 Å². The minimum absolute atomic E-state index is 0.0212. The van der Waals surface area contributed by atoms with E-state index >= 15 is 0 Å². The Hall–Kier alpha value is -2.03. The minimum atomic E-state index is -4.70. The van der Waals surface area contributed by atoms with E-state index in [-0.39, 0.29) is 31.5 Å². The van der Waals surface area contributed by atoms with Crippen LogP contribution >= 0.6 is 7.82 Å². The van der Waals surface area contributed by atoms with Crippen molar-refractivity contribution >= 4 is 19.7 Å². The number of ether oxygens (including phenoxy) is 1. The molecule has 0 bridgehead atoms. The smallest absolute Gasteiger partial charge is 0.306 e. The van der Waals surface area contributed by atoms with Crippen molar-refractivity contribution in [2.75, 3.05) is 40.9 Å². The molecule has 0 aromatic carbocycles. The summed E-state index contributed by atoms with van der Waals surface area (Å²) in [6.07, 6.45) is 79.4. The van der Waals surface area contributed by atoms with E-state index in [0.29, 0.717) is 17.4 Å². The molecule has 0 aliphatic carbocycles. The van der Waals surface area contributed by atoms with Crippen LogP contribution in [0.1, 0.15) is 355 Å². The first-order chi connectivity index (χ1) is 40.4. The van der Waals surface area contributed by atoms with Crippen LogP contribution in [0.25, 0.3) is 0 Å². The summed E-state index contributed by atoms with van der Waals surface area (Å²) in [4.78, 5) is 40.2. The summed E-state index contributed by atoms with van der Waals surface area (Å²) in [6, 6.07) is -0.889. The molecule has 9 nitrogen and oxygen atoms in total. The van der Waals surface area contributed by atoms with Gasteiger partial charge >= 0.3 is 5.97 Å². The van der Waals surface area contributed by atoms with Gasteiger partial charge in [0.15, 0.2) is 0 Å². The van der Waals surface area contributed by atoms with E-state index in [1.165, 1.54) is 257 Å². The van der Waals surface area contributed by atoms with E-state index in [1.807, 2.05) is 33.3 Å². The number of quaternary nitrogens is 1. The molecule has 0 aliphatic rings. The first kappa shape index (κ1) is 81.0. The zero-order chi connectivity index (χ0) is 60.7. The third kappa shape index (κ3) is 64.3. The van der Waals surface area contributed by atoms with Crippen molar-refractivity contribution in [2.45, 2.75) is 367 Å². The highest BCUT2D eigenvalue weighted by Gasteiger charge is 2.27. The monoisotopic (exact) mass is 1190 g/mol. The van der Waals surface area contributed by atoms with Gasteiger partial charge < -0.3 is 28.5 Å². The highest BCUT2D eigenvalue weighted by atomic mass is 31.2. The molecule has 0 spiro atoms. The van der Waals surface area contributed by atoms with Crippen LogP contribution in [-0.4, -0.2) is 69.4 Å². The van der Waals surface area contributed by atoms with Crippen LogP contribution in [0.4, 0.5) is 0 Å². The number of likely N-dealkylation sites (N-methyl/N-ethyl adjacent to an activating group) is 1. The second-order valence-corrected chi connectivity index (χ2v) is 27.1. The summed E-state index contributed by atoms with van der Waals surface area (Å²) in [6.45, 7) is 6.87. The van der Waals surface area contributed by atoms with Gasteiger partial charge in [0.05, 0.1) is 33.8 Å². The Bertz CT molecular complexity index is 1560. The number of phosphoric ester groups is 1. The quantitative estimate of drug-likeness (QED) is 0.0212. The lowest BCUT2D eigenvalue weighted by atomic mass is 10.0. The van der Waals surface area contributed by atoms with E-state index in [1.54, 1.807) is 0 Å². The Balaban J connectivity index is 5.09. The largest absolute Gasteiger partial charge is 0.756 e. The summed E-state index contributed by atoms with van der Waals surface area (Å²) >= 11 is 0. The standard InChI is InChI=1S/C73H139N2O7P/c1-7-10-13-16-19-22-25-28-30-32-34-36-37-39-40-42-44-47-50-53-56-59-62-65-72(76)74-70(69-81-83(78,79)80-68-67-75(4,5)6)71(64-61-58-55-52-49-46-27-24-21-18-15-12-9-3)82-73(77)66-63-60-57-54-51-48-45-43-41-38-35-33-31-29-26-23-20-17-14-11-8-2/h20,23,28-31,61,64,70-71H,7-19,21-22,24-27,32-60,62-63,65-69H2,1-6H3,(H-,74,76,78,79)/b23-20-,30-28+,31-29-,64-61+. The number of phosphoric acid groups is 1. The van der Waals surface area contributed by atoms with Gasteiger partial charge in [0, 0.05) is 12.8 Å². The van der Waals surface area contributed by atoms with Gasteiger partial charge in [0.25, 0.3) is 7.82 Å². The number of allylic oxidation sites excluding steroid dienone is 7. The lowest BCUT2D eigenvalue weighted by Gasteiger charge is -2.30. The fraction of sp³-hybridized carbons (Fsp3) is 0.863. The van der Waals surface area contributed by atoms with Crippen molar-refractivity contribution < 1.29 is 37.3 Å². The van der Waals surface area contributed by atoms with Gasteiger partial charge in [-0.05, 0) is 89.5 Å². The molecule has 0 fully saturated rings. The lowest BCUT2D eigenvalue weighted by molar-refractivity contribution is -0.870. The predicted octanol–water partition coefficient (Wildman–Crippen LogP) is 22.2. The second-order valence-electron chi connectivity index (χ2n) is 25.7. The van der Waals surface area contributed by atoms with Gasteiger partial charge in [-0.1, -0.05) is 301 Å². The van der Waals surface area contributed by atoms with Crippen molar-refractivity contribution in [1.29, 1.82) is 0 Å². The second kappa shape index (κ2) is 63.0. The van der Waals surface area contributed by atoms with E-state index < -0.39 is 20.0 Å². The number of carbonyl (C=O) groups excluding carboxylic acids is 2. The zero-order valence-electron chi connectivity index (χ0n) is 55.9. The number of esters is 1. The van der Waals surface area contributed by atoms with Crippen molar-refractivity contribution in [2.24, 2.45) is 0 Å². The van der Waals surface area contributed by atoms with Crippen molar-refractivity contribution in [3.8, 4) is 0 Å². The molecule has 3 atom stereocenters. The molecule has 0 saturated heterocycles. The van der Waals surface area contributed by atoms with Gasteiger partial charge in [-0.2, -0.15) is 0 Å². The van der Waals surface area contributed by atoms with Gasteiger partial charge in [0.2, 0.25) is 5.91 Å². The van der Waals surface area contributed by atoms with E-state index in [9.17, 15) is 19.0 Å². The molecule has 1 amide bonds. The highest BCUT2D eigenvalue weighted by Crippen LogP contribution is 2.38. The summed E-state index contributed by atoms with van der Waals surface area (Å²) in [5.74, 6) is -0.527. The molecule has 83 heavy (non-hydrogen) atoms. The molecule has 0 aliphatic heterocycles. The van der Waals surface area contributed by atoms with E-state index in [0.717, 1.165) is 64.2 Å². The molecule has 10 heteroatoms. The van der Waals surface area contributed by atoms with Gasteiger partial charge in [0.1, 0.15) is 19.3 Å². The highest BCUT2D eigenvalue weighted by molar-refractivity contribution is 7.45. The summed E-state index contributed by atoms with van der Waals surface area (Å²) in [7, 11) is 1.20. The van der Waals surface area contributed by atoms with Crippen LogP contribution in [0, 0.1) is 0 Å². The third-order valence-corrected chi connectivity index (χ3v) is 17.2. The van der Waals surface area contributed by atoms with Crippen LogP contribution in [-0.2, 0) is 27.9 Å². The van der Waals surface area contributed by atoms with Crippen molar-refractivity contribution in [3.63, 3.8) is 0 Å². The molecule has 0 rings (SSSR count). The molecule has 0 heterocycles. The fourth-order valence-electron chi connectivity index (χ4n) is 10.7. The topological polar surface area (TPSA) is 114 Å². The number of carbonyl (C=O) groups is 2. The summed E-state index contributed by atoms with van der Waals surface area (Å²) in [5, 5.41) is 3.05. The number of hydrogen-bond acceptors (Lipinski definition) is 7. The van der Waals surface area contributed by atoms with Crippen molar-refractivity contribution in [3.05, 3.63) is 48.6 Å². The van der Waals surface area contributed by atoms with Gasteiger partial charge in [-0.25, -0.2) is 0 Å².